The fourth-order valence-corrected chi connectivity index (χ4v) is 3.95. The smallest absolute Gasteiger partial charge is 0.0673 e. The van der Waals surface area contributed by atoms with Crippen LogP contribution in [0.1, 0.15) is 49.8 Å². The second kappa shape index (κ2) is 6.66. The number of fused-ring (bicyclic) bond motifs is 1. The summed E-state index contributed by atoms with van der Waals surface area (Å²) in [6.07, 6.45) is 2.95. The molecule has 0 amide bonds. The van der Waals surface area contributed by atoms with Crippen LogP contribution in [0.3, 0.4) is 0 Å². The molecule has 1 heterocycles. The maximum absolute atomic E-state index is 6.56. The molecule has 2 aromatic carbocycles. The van der Waals surface area contributed by atoms with Crippen molar-refractivity contribution >= 4 is 40.8 Å². The van der Waals surface area contributed by atoms with Crippen LogP contribution >= 0.6 is 23.2 Å². The van der Waals surface area contributed by atoms with Crippen LogP contribution in [0, 0.1) is 6.92 Å². The summed E-state index contributed by atoms with van der Waals surface area (Å²) in [5.74, 6) is 0.485. The molecule has 0 saturated heterocycles. The predicted octanol–water partition coefficient (Wildman–Crippen LogP) is 6.77. The molecule has 25 heavy (non-hydrogen) atoms. The van der Waals surface area contributed by atoms with Gasteiger partial charge < -0.3 is 4.90 Å². The summed E-state index contributed by atoms with van der Waals surface area (Å²) in [4.78, 5) is 6.94. The van der Waals surface area contributed by atoms with Gasteiger partial charge >= 0.3 is 0 Å². The fourth-order valence-electron chi connectivity index (χ4n) is 3.58. The Kier molecular flexibility index (Phi) is 4.87. The molecule has 1 atom stereocenters. The molecule has 0 saturated carbocycles. The third-order valence-electron chi connectivity index (χ3n) is 5.33. The Balaban J connectivity index is 2.01. The van der Waals surface area contributed by atoms with Gasteiger partial charge in [-0.15, -0.1) is 0 Å². The van der Waals surface area contributed by atoms with Gasteiger partial charge in [-0.3, -0.25) is 4.99 Å². The minimum absolute atomic E-state index is 0.128. The summed E-state index contributed by atoms with van der Waals surface area (Å²) in [5, 5.41) is 1.45. The molecule has 3 rings (SSSR count). The molecule has 0 spiro atoms. The van der Waals surface area contributed by atoms with Crippen molar-refractivity contribution in [1.29, 1.82) is 0 Å². The zero-order valence-corrected chi connectivity index (χ0v) is 16.9. The first-order valence-electron chi connectivity index (χ1n) is 8.57. The van der Waals surface area contributed by atoms with E-state index in [-0.39, 0.29) is 5.54 Å². The van der Waals surface area contributed by atoms with Crippen molar-refractivity contribution in [2.24, 2.45) is 4.99 Å². The Labute approximate surface area is 160 Å². The number of anilines is 1. The van der Waals surface area contributed by atoms with Crippen molar-refractivity contribution < 1.29 is 0 Å². The largest absolute Gasteiger partial charge is 0.369 e. The maximum atomic E-state index is 6.56. The highest BCUT2D eigenvalue weighted by Gasteiger charge is 2.34. The molecule has 2 aromatic rings. The Morgan fingerprint density at radius 3 is 2.64 bits per heavy atom. The molecule has 1 aliphatic rings. The maximum Gasteiger partial charge on any atom is 0.0673 e. The van der Waals surface area contributed by atoms with Gasteiger partial charge in [0.2, 0.25) is 0 Å². The first-order valence-corrected chi connectivity index (χ1v) is 9.33. The molecule has 1 aliphatic heterocycles. The highest BCUT2D eigenvalue weighted by Crippen LogP contribution is 2.44. The summed E-state index contributed by atoms with van der Waals surface area (Å²) in [6.45, 7) is 8.81. The third-order valence-corrected chi connectivity index (χ3v) is 6.07. The topological polar surface area (TPSA) is 15.6 Å². The van der Waals surface area contributed by atoms with Crippen LogP contribution in [-0.4, -0.2) is 18.8 Å². The molecule has 1 unspecified atom stereocenters. The van der Waals surface area contributed by atoms with Gasteiger partial charge in [-0.1, -0.05) is 36.2 Å². The number of aliphatic imine (C=N–C) groups is 1. The zero-order valence-electron chi connectivity index (χ0n) is 15.4. The first kappa shape index (κ1) is 18.3. The lowest BCUT2D eigenvalue weighted by Gasteiger charge is -2.45. The van der Waals surface area contributed by atoms with E-state index in [0.717, 1.165) is 33.3 Å². The van der Waals surface area contributed by atoms with E-state index in [1.165, 1.54) is 11.3 Å². The average molecular weight is 375 g/mol. The summed E-state index contributed by atoms with van der Waals surface area (Å²) >= 11 is 12.7. The van der Waals surface area contributed by atoms with Crippen LogP contribution < -0.4 is 4.90 Å². The second-order valence-corrected chi connectivity index (χ2v) is 8.37. The second-order valence-electron chi connectivity index (χ2n) is 7.55. The summed E-state index contributed by atoms with van der Waals surface area (Å²) in [7, 11) is 2.14. The minimum atomic E-state index is 0.128. The van der Waals surface area contributed by atoms with Crippen LogP contribution in [0.25, 0.3) is 0 Å². The van der Waals surface area contributed by atoms with Crippen LogP contribution in [-0.2, 0) is 0 Å². The Morgan fingerprint density at radius 2 is 1.92 bits per heavy atom. The van der Waals surface area contributed by atoms with Crippen molar-refractivity contribution in [3.05, 3.63) is 57.1 Å². The zero-order chi connectivity index (χ0) is 18.4. The molecule has 0 aromatic heterocycles. The van der Waals surface area contributed by atoms with Gasteiger partial charge in [0.25, 0.3) is 0 Å². The monoisotopic (exact) mass is 374 g/mol. The predicted molar refractivity (Wildman–Crippen MR) is 110 cm³/mol. The Morgan fingerprint density at radius 1 is 1.20 bits per heavy atom. The summed E-state index contributed by atoms with van der Waals surface area (Å²) < 4.78 is 0. The molecule has 2 nitrogen and oxygen atoms in total. The van der Waals surface area contributed by atoms with Gasteiger partial charge in [0.15, 0.2) is 0 Å². The Hall–Kier alpha value is -1.51. The van der Waals surface area contributed by atoms with Crippen molar-refractivity contribution in [2.45, 2.75) is 45.6 Å². The quantitative estimate of drug-likeness (QED) is 0.529. The van der Waals surface area contributed by atoms with Crippen molar-refractivity contribution in [3.63, 3.8) is 0 Å². The van der Waals surface area contributed by atoms with E-state index in [1.54, 1.807) is 0 Å². The number of rotatable bonds is 2. The molecule has 0 radical (unpaired) electrons. The van der Waals surface area contributed by atoms with Crippen molar-refractivity contribution in [1.82, 2.24) is 0 Å². The van der Waals surface area contributed by atoms with Gasteiger partial charge in [-0.2, -0.15) is 0 Å². The molecule has 4 heteroatoms. The van der Waals surface area contributed by atoms with Crippen LogP contribution in [0.5, 0.6) is 0 Å². The number of nitrogens with zero attached hydrogens (tertiary/aromatic N) is 2. The van der Waals surface area contributed by atoms with Gasteiger partial charge in [0.05, 0.1) is 10.7 Å². The summed E-state index contributed by atoms with van der Waals surface area (Å²) in [6, 6.07) is 10.00. The average Bonchev–Trinajstić information content (AvgIpc) is 2.54. The van der Waals surface area contributed by atoms with E-state index >= 15 is 0 Å². The lowest BCUT2D eigenvalue weighted by Crippen LogP contribution is -2.45. The molecule has 0 N–H and O–H groups in total. The number of hydrogen-bond donors (Lipinski definition) is 0. The normalized spacial score (nSPS) is 19.3. The van der Waals surface area contributed by atoms with Gasteiger partial charge in [-0.05, 0) is 68.5 Å². The highest BCUT2D eigenvalue weighted by molar-refractivity contribution is 6.33. The van der Waals surface area contributed by atoms with E-state index in [9.17, 15) is 0 Å². The van der Waals surface area contributed by atoms with Gasteiger partial charge in [0.1, 0.15) is 0 Å². The minimum Gasteiger partial charge on any atom is -0.369 e. The first-order chi connectivity index (χ1) is 11.7. The van der Waals surface area contributed by atoms with Crippen molar-refractivity contribution in [2.75, 3.05) is 11.9 Å². The van der Waals surface area contributed by atoms with E-state index in [4.69, 9.17) is 23.2 Å². The van der Waals surface area contributed by atoms with Crippen LogP contribution in [0.2, 0.25) is 10.0 Å². The number of benzene rings is 2. The standard InChI is InChI=1S/C21H24Cl2N2/c1-13-11-21(3,4)25(5)20-10-18(23)15(9-16(13)20)12-24-19-8-6-7-17(22)14(19)2/h6-10,12-13H,11H2,1-5H3. The van der Waals surface area contributed by atoms with Gasteiger partial charge in [0, 0.05) is 35.1 Å². The molecular formula is C21H24Cl2N2. The highest BCUT2D eigenvalue weighted by atomic mass is 35.5. The molecular weight excluding hydrogens is 351 g/mol. The Bertz CT molecular complexity index is 840. The van der Waals surface area contributed by atoms with E-state index < -0.39 is 0 Å². The van der Waals surface area contributed by atoms with Crippen LogP contribution in [0.15, 0.2) is 35.3 Å². The lowest BCUT2D eigenvalue weighted by molar-refractivity contribution is 0.395. The van der Waals surface area contributed by atoms with E-state index in [2.05, 4.69) is 49.8 Å². The third kappa shape index (κ3) is 3.43. The van der Waals surface area contributed by atoms with Crippen molar-refractivity contribution in [3.8, 4) is 0 Å². The van der Waals surface area contributed by atoms with E-state index in [0.29, 0.717) is 5.92 Å². The SMILES string of the molecule is Cc1c(Cl)cccc1N=Cc1cc2c(cc1Cl)N(C)C(C)(C)CC2C. The van der Waals surface area contributed by atoms with Gasteiger partial charge in [-0.25, -0.2) is 0 Å². The number of halogens is 2. The molecule has 132 valence electrons. The molecule has 0 aliphatic carbocycles. The van der Waals surface area contributed by atoms with Crippen LogP contribution in [0.4, 0.5) is 11.4 Å². The van der Waals surface area contributed by atoms with E-state index in [1.807, 2.05) is 31.3 Å². The molecule has 0 bridgehead atoms. The summed E-state index contributed by atoms with van der Waals surface area (Å²) in [5.41, 5.74) is 5.46. The number of hydrogen-bond acceptors (Lipinski definition) is 2. The molecule has 0 fully saturated rings. The fraction of sp³-hybridized carbons (Fsp3) is 0.381. The lowest BCUT2D eigenvalue weighted by atomic mass is 9.80.